The summed E-state index contributed by atoms with van der Waals surface area (Å²) in [7, 11) is 0. The fourth-order valence-corrected chi connectivity index (χ4v) is 0.707. The van der Waals surface area contributed by atoms with Crippen molar-refractivity contribution in [1.82, 2.24) is 0 Å². The summed E-state index contributed by atoms with van der Waals surface area (Å²) in [5.74, 6) is 0. The van der Waals surface area contributed by atoms with Crippen molar-refractivity contribution >= 4 is 28.9 Å². The van der Waals surface area contributed by atoms with Gasteiger partial charge in [-0.15, -0.1) is 28.7 Å². The molecule has 0 aromatic heterocycles. The SMILES string of the molecule is C=C[Si](Cl)(Cl)C(C)C. The first-order valence-corrected chi connectivity index (χ1v) is 6.70. The molecule has 0 amide bonds. The number of hydrogen-bond donors (Lipinski definition) is 0. The first-order chi connectivity index (χ1) is 3.50. The molecule has 0 heterocycles. The third-order valence-corrected chi connectivity index (χ3v) is 6.67. The van der Waals surface area contributed by atoms with Crippen molar-refractivity contribution in [3.05, 3.63) is 12.3 Å². The van der Waals surface area contributed by atoms with Gasteiger partial charge < -0.3 is 0 Å². The van der Waals surface area contributed by atoms with Crippen LogP contribution in [0.25, 0.3) is 0 Å². The molecule has 0 saturated carbocycles. The predicted molar refractivity (Wildman–Crippen MR) is 42.8 cm³/mol. The first kappa shape index (κ1) is 8.54. The van der Waals surface area contributed by atoms with Crippen LogP contribution in [0.3, 0.4) is 0 Å². The highest BCUT2D eigenvalue weighted by atomic mass is 35.7. The van der Waals surface area contributed by atoms with E-state index in [1.54, 1.807) is 5.70 Å². The molecule has 0 atom stereocenters. The smallest absolute Gasteiger partial charge is 0.140 e. The van der Waals surface area contributed by atoms with Crippen molar-refractivity contribution in [2.45, 2.75) is 19.4 Å². The van der Waals surface area contributed by atoms with Gasteiger partial charge in [0.1, 0.15) is 0 Å². The van der Waals surface area contributed by atoms with Crippen LogP contribution in [-0.4, -0.2) is 6.69 Å². The minimum absolute atomic E-state index is 0.364. The average molecular weight is 169 g/mol. The summed E-state index contributed by atoms with van der Waals surface area (Å²) in [6.07, 6.45) is 0. The van der Waals surface area contributed by atoms with Gasteiger partial charge in [0, 0.05) is 0 Å². The van der Waals surface area contributed by atoms with Gasteiger partial charge in [-0.05, 0) is 5.54 Å². The summed E-state index contributed by atoms with van der Waals surface area (Å²) in [4.78, 5) is 0. The molecule has 0 aromatic rings. The molecule has 0 radical (unpaired) electrons. The van der Waals surface area contributed by atoms with E-state index in [0.29, 0.717) is 5.54 Å². The molecular weight excluding hydrogens is 159 g/mol. The quantitative estimate of drug-likeness (QED) is 0.440. The number of rotatable bonds is 2. The first-order valence-electron chi connectivity index (χ1n) is 2.52. The maximum atomic E-state index is 5.84. The Kier molecular flexibility index (Phi) is 3.10. The van der Waals surface area contributed by atoms with E-state index in [4.69, 9.17) is 22.2 Å². The minimum Gasteiger partial charge on any atom is -0.140 e. The van der Waals surface area contributed by atoms with Gasteiger partial charge in [0.05, 0.1) is 0 Å². The van der Waals surface area contributed by atoms with E-state index in [1.807, 2.05) is 13.8 Å². The van der Waals surface area contributed by atoms with Gasteiger partial charge in [-0.1, -0.05) is 19.5 Å². The van der Waals surface area contributed by atoms with Crippen LogP contribution >= 0.6 is 22.2 Å². The molecule has 0 unspecified atom stereocenters. The second-order valence-corrected chi connectivity index (χ2v) is 9.28. The van der Waals surface area contributed by atoms with Crippen molar-refractivity contribution < 1.29 is 0 Å². The monoisotopic (exact) mass is 168 g/mol. The molecule has 0 aromatic carbocycles. The van der Waals surface area contributed by atoms with E-state index in [9.17, 15) is 0 Å². The summed E-state index contributed by atoms with van der Waals surface area (Å²) >= 11 is 11.7. The molecule has 8 heavy (non-hydrogen) atoms. The lowest BCUT2D eigenvalue weighted by Crippen LogP contribution is -2.19. The summed E-state index contributed by atoms with van der Waals surface area (Å²) < 4.78 is 0. The highest BCUT2D eigenvalue weighted by molar-refractivity contribution is 7.48. The summed E-state index contributed by atoms with van der Waals surface area (Å²) in [5, 5.41) is 0. The van der Waals surface area contributed by atoms with Crippen molar-refractivity contribution in [1.29, 1.82) is 0 Å². The molecule has 0 aliphatic carbocycles. The average Bonchev–Trinajstić information content (AvgIpc) is 1.67. The predicted octanol–water partition coefficient (Wildman–Crippen LogP) is 3.04. The highest BCUT2D eigenvalue weighted by Gasteiger charge is 2.27. The Labute approximate surface area is 60.9 Å². The second kappa shape index (κ2) is 2.90. The van der Waals surface area contributed by atoms with Gasteiger partial charge in [-0.25, -0.2) is 0 Å². The van der Waals surface area contributed by atoms with Crippen LogP contribution in [0.1, 0.15) is 13.8 Å². The summed E-state index contributed by atoms with van der Waals surface area (Å²) in [6.45, 7) is 5.52. The normalized spacial score (nSPS) is 12.1. The van der Waals surface area contributed by atoms with Crippen LogP contribution in [0.4, 0.5) is 0 Å². The molecule has 0 fully saturated rings. The van der Waals surface area contributed by atoms with Crippen LogP contribution in [0, 0.1) is 0 Å². The summed E-state index contributed by atoms with van der Waals surface area (Å²) in [5.41, 5.74) is 2.05. The Balaban J connectivity index is 3.90. The van der Waals surface area contributed by atoms with Crippen molar-refractivity contribution in [2.24, 2.45) is 0 Å². The zero-order valence-corrected chi connectivity index (χ0v) is 7.63. The molecule has 0 bridgehead atoms. The largest absolute Gasteiger partial charge is 0.275 e. The van der Waals surface area contributed by atoms with Crippen LogP contribution in [0.2, 0.25) is 5.54 Å². The van der Waals surface area contributed by atoms with Gasteiger partial charge in [-0.2, -0.15) is 0 Å². The molecule has 0 aliphatic heterocycles. The zero-order valence-electron chi connectivity index (χ0n) is 5.12. The van der Waals surface area contributed by atoms with Crippen molar-refractivity contribution in [3.63, 3.8) is 0 Å². The van der Waals surface area contributed by atoms with Crippen LogP contribution in [-0.2, 0) is 0 Å². The van der Waals surface area contributed by atoms with E-state index in [2.05, 4.69) is 6.58 Å². The molecule has 48 valence electrons. The Bertz CT molecular complexity index is 88.4. The standard InChI is InChI=1S/C5H10Cl2Si/c1-4-8(6,7)5(2)3/h4-5H,1H2,2-3H3. The number of halogens is 2. The van der Waals surface area contributed by atoms with Crippen LogP contribution in [0.5, 0.6) is 0 Å². The van der Waals surface area contributed by atoms with Gasteiger partial charge in [-0.3, -0.25) is 0 Å². The van der Waals surface area contributed by atoms with E-state index in [0.717, 1.165) is 0 Å². The fraction of sp³-hybridized carbons (Fsp3) is 0.600. The Hall–Kier alpha value is 0.537. The fourth-order valence-electron chi connectivity index (χ4n) is 0.236. The lowest BCUT2D eigenvalue weighted by molar-refractivity contribution is 1.05. The third kappa shape index (κ3) is 2.20. The molecule has 3 heteroatoms. The zero-order chi connectivity index (χ0) is 6.78. The van der Waals surface area contributed by atoms with E-state index < -0.39 is 6.69 Å². The highest BCUT2D eigenvalue weighted by Crippen LogP contribution is 2.29. The maximum absolute atomic E-state index is 5.84. The van der Waals surface area contributed by atoms with Crippen LogP contribution < -0.4 is 0 Å². The number of hydrogen-bond acceptors (Lipinski definition) is 0. The summed E-state index contributed by atoms with van der Waals surface area (Å²) in [6, 6.07) is 0. The lowest BCUT2D eigenvalue weighted by atomic mass is 10.6. The van der Waals surface area contributed by atoms with Gasteiger partial charge in [0.25, 0.3) is 6.69 Å². The third-order valence-electron chi connectivity index (χ3n) is 1.04. The second-order valence-electron chi connectivity index (χ2n) is 2.03. The van der Waals surface area contributed by atoms with E-state index in [1.165, 1.54) is 0 Å². The van der Waals surface area contributed by atoms with Crippen molar-refractivity contribution in [2.75, 3.05) is 0 Å². The molecule has 0 aliphatic rings. The Morgan fingerprint density at radius 3 is 1.88 bits per heavy atom. The van der Waals surface area contributed by atoms with Crippen LogP contribution in [0.15, 0.2) is 12.3 Å². The van der Waals surface area contributed by atoms with Gasteiger partial charge in [0.15, 0.2) is 0 Å². The molecule has 0 nitrogen and oxygen atoms in total. The minimum atomic E-state index is -2.05. The maximum Gasteiger partial charge on any atom is 0.275 e. The lowest BCUT2D eigenvalue weighted by Gasteiger charge is -2.14. The Morgan fingerprint density at radius 1 is 1.50 bits per heavy atom. The van der Waals surface area contributed by atoms with Gasteiger partial charge >= 0.3 is 0 Å². The molecule has 0 N–H and O–H groups in total. The molecule has 0 spiro atoms. The molecular formula is C5H10Cl2Si. The van der Waals surface area contributed by atoms with Crippen molar-refractivity contribution in [3.8, 4) is 0 Å². The molecule has 0 saturated heterocycles. The topological polar surface area (TPSA) is 0 Å². The van der Waals surface area contributed by atoms with E-state index >= 15 is 0 Å². The Morgan fingerprint density at radius 2 is 1.88 bits per heavy atom. The van der Waals surface area contributed by atoms with E-state index in [-0.39, 0.29) is 0 Å². The van der Waals surface area contributed by atoms with Gasteiger partial charge in [0.2, 0.25) is 0 Å². The molecule has 0 rings (SSSR count).